The van der Waals surface area contributed by atoms with E-state index in [9.17, 15) is 9.59 Å². The molecule has 2 aromatic carbocycles. The molecule has 6 nitrogen and oxygen atoms in total. The third-order valence-corrected chi connectivity index (χ3v) is 4.77. The van der Waals surface area contributed by atoms with Gasteiger partial charge in [-0.25, -0.2) is 0 Å². The second kappa shape index (κ2) is 8.50. The summed E-state index contributed by atoms with van der Waals surface area (Å²) in [5.74, 6) is 0.631. The molecular weight excluding hydrogens is 391 g/mol. The Labute approximate surface area is 166 Å². The Kier molecular flexibility index (Phi) is 6.08. The molecule has 1 aliphatic heterocycles. The number of benzene rings is 2. The fraction of sp³-hybridized carbons (Fsp3) is 0.263. The van der Waals surface area contributed by atoms with Gasteiger partial charge < -0.3 is 20.1 Å². The molecule has 27 heavy (non-hydrogen) atoms. The Morgan fingerprint density at radius 3 is 2.52 bits per heavy atom. The number of hydrogen-bond acceptors (Lipinski definition) is 4. The van der Waals surface area contributed by atoms with Gasteiger partial charge in [-0.3, -0.25) is 9.59 Å². The summed E-state index contributed by atoms with van der Waals surface area (Å²) in [7, 11) is 0. The number of ether oxygens (including phenoxy) is 2. The molecule has 0 aromatic heterocycles. The zero-order chi connectivity index (χ0) is 19.4. The summed E-state index contributed by atoms with van der Waals surface area (Å²) in [6.45, 7) is 2.72. The summed E-state index contributed by atoms with van der Waals surface area (Å²) < 4.78 is 11.0. The average molecular weight is 409 g/mol. The van der Waals surface area contributed by atoms with Gasteiger partial charge in [0.1, 0.15) is 13.2 Å². The summed E-state index contributed by atoms with van der Waals surface area (Å²) >= 11 is 11.7. The van der Waals surface area contributed by atoms with Gasteiger partial charge in [-0.1, -0.05) is 29.3 Å². The largest absolute Gasteiger partial charge is 0.486 e. The fourth-order valence-corrected chi connectivity index (χ4v) is 2.90. The highest BCUT2D eigenvalue weighted by Crippen LogP contribution is 2.32. The molecule has 0 saturated heterocycles. The highest BCUT2D eigenvalue weighted by molar-refractivity contribution is 6.42. The predicted molar refractivity (Wildman–Crippen MR) is 103 cm³/mol. The molecule has 0 spiro atoms. The van der Waals surface area contributed by atoms with Gasteiger partial charge in [0.15, 0.2) is 11.5 Å². The molecular formula is C19H18Cl2N2O4. The molecule has 1 aliphatic rings. The van der Waals surface area contributed by atoms with Crippen LogP contribution in [0.3, 0.4) is 0 Å². The number of hydrogen-bond donors (Lipinski definition) is 2. The van der Waals surface area contributed by atoms with Gasteiger partial charge in [0.05, 0.1) is 22.6 Å². The van der Waals surface area contributed by atoms with Crippen LogP contribution in [0.2, 0.25) is 10.0 Å². The maximum atomic E-state index is 12.1. The van der Waals surface area contributed by atoms with Crippen molar-refractivity contribution in [2.24, 2.45) is 0 Å². The first-order valence-electron chi connectivity index (χ1n) is 8.36. The quantitative estimate of drug-likeness (QED) is 0.794. The Morgan fingerprint density at radius 2 is 1.78 bits per heavy atom. The van der Waals surface area contributed by atoms with E-state index in [2.05, 4.69) is 10.6 Å². The van der Waals surface area contributed by atoms with Crippen LogP contribution < -0.4 is 20.1 Å². The Hall–Kier alpha value is -2.44. The Bertz CT molecular complexity index is 873. The van der Waals surface area contributed by atoms with Crippen molar-refractivity contribution < 1.29 is 19.1 Å². The molecule has 8 heteroatoms. The lowest BCUT2D eigenvalue weighted by molar-refractivity contribution is -0.120. The monoisotopic (exact) mass is 408 g/mol. The van der Waals surface area contributed by atoms with Crippen LogP contribution in [-0.2, 0) is 4.79 Å². The molecule has 3 rings (SSSR count). The van der Waals surface area contributed by atoms with Crippen LogP contribution in [0.1, 0.15) is 28.9 Å². The minimum atomic E-state index is -0.407. The predicted octanol–water partition coefficient (Wildman–Crippen LogP) is 3.37. The van der Waals surface area contributed by atoms with Crippen LogP contribution in [0.5, 0.6) is 11.5 Å². The summed E-state index contributed by atoms with van der Waals surface area (Å²) in [6, 6.07) is 9.80. The third kappa shape index (κ3) is 4.84. The average Bonchev–Trinajstić information content (AvgIpc) is 2.67. The van der Waals surface area contributed by atoms with Crippen molar-refractivity contribution in [2.75, 3.05) is 19.8 Å². The van der Waals surface area contributed by atoms with Crippen LogP contribution in [0.4, 0.5) is 0 Å². The van der Waals surface area contributed by atoms with E-state index in [1.807, 2.05) is 25.1 Å². The molecule has 142 valence electrons. The SMILES string of the molecule is CC(NC(=O)CNC(=O)c1ccc(Cl)c(Cl)c1)c1ccc2c(c1)OCCO2. The molecule has 1 unspecified atom stereocenters. The number of rotatable bonds is 5. The van der Waals surface area contributed by atoms with Crippen molar-refractivity contribution in [1.29, 1.82) is 0 Å². The molecule has 0 saturated carbocycles. The first-order chi connectivity index (χ1) is 12.9. The van der Waals surface area contributed by atoms with Gasteiger partial charge in [0.2, 0.25) is 5.91 Å². The summed E-state index contributed by atoms with van der Waals surface area (Å²) in [4.78, 5) is 24.2. The van der Waals surface area contributed by atoms with Crippen LogP contribution >= 0.6 is 23.2 Å². The van der Waals surface area contributed by atoms with Gasteiger partial charge in [-0.15, -0.1) is 0 Å². The maximum absolute atomic E-state index is 12.1. The van der Waals surface area contributed by atoms with Crippen molar-refractivity contribution >= 4 is 35.0 Å². The normalized spacial score (nSPS) is 13.6. The smallest absolute Gasteiger partial charge is 0.251 e. The van der Waals surface area contributed by atoms with E-state index in [1.54, 1.807) is 6.07 Å². The number of nitrogens with one attached hydrogen (secondary N) is 2. The van der Waals surface area contributed by atoms with Gasteiger partial charge in [-0.2, -0.15) is 0 Å². The topological polar surface area (TPSA) is 76.7 Å². The molecule has 1 heterocycles. The zero-order valence-electron chi connectivity index (χ0n) is 14.6. The number of carbonyl (C=O) groups excluding carboxylic acids is 2. The van der Waals surface area contributed by atoms with Crippen molar-refractivity contribution in [2.45, 2.75) is 13.0 Å². The summed E-state index contributed by atoms with van der Waals surface area (Å²) in [5.41, 5.74) is 1.21. The van der Waals surface area contributed by atoms with Gasteiger partial charge in [-0.05, 0) is 42.8 Å². The van der Waals surface area contributed by atoms with Crippen LogP contribution in [0.15, 0.2) is 36.4 Å². The molecule has 0 fully saturated rings. The molecule has 0 radical (unpaired) electrons. The fourth-order valence-electron chi connectivity index (χ4n) is 2.61. The first-order valence-corrected chi connectivity index (χ1v) is 9.12. The minimum absolute atomic E-state index is 0.159. The third-order valence-electron chi connectivity index (χ3n) is 4.04. The molecule has 2 N–H and O–H groups in total. The van der Waals surface area contributed by atoms with E-state index in [0.29, 0.717) is 35.3 Å². The maximum Gasteiger partial charge on any atom is 0.251 e. The Balaban J connectivity index is 1.54. The lowest BCUT2D eigenvalue weighted by atomic mass is 10.1. The standard InChI is InChI=1S/C19H18Cl2N2O4/c1-11(12-3-5-16-17(9-12)27-7-6-26-16)23-18(24)10-22-19(25)13-2-4-14(20)15(21)8-13/h2-5,8-9,11H,6-7,10H2,1H3,(H,22,25)(H,23,24). The molecule has 2 aromatic rings. The van der Waals surface area contributed by atoms with E-state index in [1.165, 1.54) is 12.1 Å². The van der Waals surface area contributed by atoms with Crippen molar-refractivity contribution in [3.8, 4) is 11.5 Å². The van der Waals surface area contributed by atoms with E-state index < -0.39 is 5.91 Å². The lowest BCUT2D eigenvalue weighted by Gasteiger charge is -2.21. The zero-order valence-corrected chi connectivity index (χ0v) is 16.1. The highest BCUT2D eigenvalue weighted by Gasteiger charge is 2.16. The van der Waals surface area contributed by atoms with Crippen LogP contribution in [0, 0.1) is 0 Å². The molecule has 0 bridgehead atoms. The minimum Gasteiger partial charge on any atom is -0.486 e. The molecule has 2 amide bonds. The van der Waals surface area contributed by atoms with Crippen molar-refractivity contribution in [1.82, 2.24) is 10.6 Å². The molecule has 1 atom stereocenters. The van der Waals surface area contributed by atoms with Gasteiger partial charge in [0.25, 0.3) is 5.91 Å². The number of amides is 2. The highest BCUT2D eigenvalue weighted by atomic mass is 35.5. The van der Waals surface area contributed by atoms with Crippen LogP contribution in [-0.4, -0.2) is 31.6 Å². The van der Waals surface area contributed by atoms with E-state index in [-0.39, 0.29) is 23.5 Å². The first kappa shape index (κ1) is 19.3. The summed E-state index contributed by atoms with van der Waals surface area (Å²) in [5, 5.41) is 6.03. The lowest BCUT2D eigenvalue weighted by Crippen LogP contribution is -2.38. The molecule has 0 aliphatic carbocycles. The van der Waals surface area contributed by atoms with E-state index in [0.717, 1.165) is 5.56 Å². The summed E-state index contributed by atoms with van der Waals surface area (Å²) in [6.07, 6.45) is 0. The van der Waals surface area contributed by atoms with E-state index in [4.69, 9.17) is 32.7 Å². The number of fused-ring (bicyclic) bond motifs is 1. The van der Waals surface area contributed by atoms with Gasteiger partial charge >= 0.3 is 0 Å². The van der Waals surface area contributed by atoms with Crippen molar-refractivity contribution in [3.05, 3.63) is 57.6 Å². The van der Waals surface area contributed by atoms with E-state index >= 15 is 0 Å². The van der Waals surface area contributed by atoms with Crippen molar-refractivity contribution in [3.63, 3.8) is 0 Å². The Morgan fingerprint density at radius 1 is 1.04 bits per heavy atom. The van der Waals surface area contributed by atoms with Gasteiger partial charge in [0, 0.05) is 5.56 Å². The van der Waals surface area contributed by atoms with Crippen LogP contribution in [0.25, 0.3) is 0 Å². The number of halogens is 2. The number of carbonyl (C=O) groups is 2. The second-order valence-electron chi connectivity index (χ2n) is 6.00. The second-order valence-corrected chi connectivity index (χ2v) is 6.82.